The lowest BCUT2D eigenvalue weighted by molar-refractivity contribution is -0.0550. The van der Waals surface area contributed by atoms with Crippen LogP contribution in [-0.4, -0.2) is 35.3 Å². The molecule has 0 aliphatic carbocycles. The smallest absolute Gasteiger partial charge is 0.317 e. The van der Waals surface area contributed by atoms with Crippen LogP contribution in [0.1, 0.15) is 56.7 Å². The lowest BCUT2D eigenvalue weighted by Gasteiger charge is -2.37. The number of likely N-dealkylation sites (tertiary alicyclic amines) is 1. The number of carbonyl (C=O) groups is 1. The summed E-state index contributed by atoms with van der Waals surface area (Å²) in [6, 6.07) is 18.7. The molecule has 1 saturated heterocycles. The lowest BCUT2D eigenvalue weighted by atomic mass is 9.85. The molecule has 4 rings (SSSR count). The van der Waals surface area contributed by atoms with E-state index in [0.29, 0.717) is 19.6 Å². The third-order valence-electron chi connectivity index (χ3n) is 6.17. The molecule has 2 aliphatic heterocycles. The fraction of sp³-hybridized carbons (Fsp3) is 0.440. The van der Waals surface area contributed by atoms with Gasteiger partial charge in [0, 0.05) is 38.9 Å². The van der Waals surface area contributed by atoms with Gasteiger partial charge >= 0.3 is 6.03 Å². The van der Waals surface area contributed by atoms with E-state index in [0.717, 1.165) is 36.1 Å². The summed E-state index contributed by atoms with van der Waals surface area (Å²) in [5, 5.41) is 7.41. The van der Waals surface area contributed by atoms with Gasteiger partial charge in [-0.1, -0.05) is 80.5 Å². The van der Waals surface area contributed by atoms with E-state index in [-0.39, 0.29) is 17.0 Å². The van der Waals surface area contributed by atoms with Crippen LogP contribution in [0, 0.1) is 0 Å². The minimum absolute atomic E-state index is 0.00746. The number of amides is 2. The van der Waals surface area contributed by atoms with Gasteiger partial charge in [-0.2, -0.15) is 0 Å². The minimum Gasteiger partial charge on any atom is -0.388 e. The summed E-state index contributed by atoms with van der Waals surface area (Å²) in [4.78, 5) is 20.4. The van der Waals surface area contributed by atoms with Crippen molar-refractivity contribution in [3.63, 3.8) is 0 Å². The van der Waals surface area contributed by atoms with E-state index in [4.69, 9.17) is 4.84 Å². The normalized spacial score (nSPS) is 18.1. The van der Waals surface area contributed by atoms with Crippen LogP contribution in [0.25, 0.3) is 0 Å². The summed E-state index contributed by atoms with van der Waals surface area (Å²) in [5.74, 6) is 0. The molecule has 0 unspecified atom stereocenters. The van der Waals surface area contributed by atoms with Gasteiger partial charge in [-0.05, 0) is 22.1 Å². The molecular formula is C25H31N3O2. The summed E-state index contributed by atoms with van der Waals surface area (Å²) in [6.45, 7) is 8.53. The molecule has 1 N–H and O–H groups in total. The molecule has 1 spiro atoms. The van der Waals surface area contributed by atoms with Gasteiger partial charge in [-0.3, -0.25) is 0 Å². The van der Waals surface area contributed by atoms with Crippen molar-refractivity contribution in [3.8, 4) is 0 Å². The largest absolute Gasteiger partial charge is 0.388 e. The standard InChI is InChI=1S/C25H31N3O2/c1-24(2,3)21-11-9-19(10-12-21)18-26-23(29)28-15-13-25(14-16-28)17-22(27-30-25)20-7-5-4-6-8-20/h4-12H,13-18H2,1-3H3,(H,26,29). The average molecular weight is 406 g/mol. The third kappa shape index (κ3) is 4.50. The molecule has 1 fully saturated rings. The van der Waals surface area contributed by atoms with Crippen LogP contribution >= 0.6 is 0 Å². The Morgan fingerprint density at radius 2 is 1.73 bits per heavy atom. The molecular weight excluding hydrogens is 374 g/mol. The van der Waals surface area contributed by atoms with Gasteiger partial charge in [0.1, 0.15) is 5.60 Å². The summed E-state index contributed by atoms with van der Waals surface area (Å²) in [6.07, 6.45) is 2.42. The number of carbonyl (C=O) groups excluding carboxylic acids is 1. The molecule has 0 aromatic heterocycles. The number of piperidine rings is 1. The van der Waals surface area contributed by atoms with Crippen LogP contribution in [0.15, 0.2) is 59.8 Å². The van der Waals surface area contributed by atoms with Crippen molar-refractivity contribution in [3.05, 3.63) is 71.3 Å². The highest BCUT2D eigenvalue weighted by Crippen LogP contribution is 2.36. The first-order valence-corrected chi connectivity index (χ1v) is 10.8. The Balaban J connectivity index is 1.26. The van der Waals surface area contributed by atoms with E-state index in [1.54, 1.807) is 0 Å². The molecule has 158 valence electrons. The number of nitrogens with one attached hydrogen (secondary N) is 1. The molecule has 2 aromatic rings. The predicted octanol–water partition coefficient (Wildman–Crippen LogP) is 4.85. The highest BCUT2D eigenvalue weighted by atomic mass is 16.7. The van der Waals surface area contributed by atoms with Crippen LogP contribution in [0.3, 0.4) is 0 Å². The minimum atomic E-state index is -0.259. The van der Waals surface area contributed by atoms with E-state index < -0.39 is 0 Å². The number of rotatable bonds is 3. The Labute approximate surface area is 179 Å². The number of benzene rings is 2. The first-order valence-electron chi connectivity index (χ1n) is 10.8. The lowest BCUT2D eigenvalue weighted by Crippen LogP contribution is -2.49. The van der Waals surface area contributed by atoms with E-state index >= 15 is 0 Å². The number of urea groups is 1. The Bertz CT molecular complexity index is 906. The second-order valence-corrected chi connectivity index (χ2v) is 9.45. The van der Waals surface area contributed by atoms with Gasteiger partial charge in [0.25, 0.3) is 0 Å². The molecule has 5 heteroatoms. The molecule has 0 radical (unpaired) electrons. The second-order valence-electron chi connectivity index (χ2n) is 9.45. The third-order valence-corrected chi connectivity index (χ3v) is 6.17. The molecule has 2 aliphatic rings. The van der Waals surface area contributed by atoms with Crippen LogP contribution < -0.4 is 5.32 Å². The van der Waals surface area contributed by atoms with Crippen LogP contribution in [-0.2, 0) is 16.8 Å². The molecule has 2 aromatic carbocycles. The van der Waals surface area contributed by atoms with Gasteiger partial charge in [0.15, 0.2) is 0 Å². The van der Waals surface area contributed by atoms with E-state index in [9.17, 15) is 4.79 Å². The van der Waals surface area contributed by atoms with Crippen molar-refractivity contribution in [1.29, 1.82) is 0 Å². The highest BCUT2D eigenvalue weighted by molar-refractivity contribution is 6.01. The second kappa shape index (κ2) is 8.13. The van der Waals surface area contributed by atoms with Crippen molar-refractivity contribution in [2.24, 2.45) is 5.16 Å². The maximum Gasteiger partial charge on any atom is 0.317 e. The summed E-state index contributed by atoms with van der Waals surface area (Å²) < 4.78 is 0. The van der Waals surface area contributed by atoms with Crippen molar-refractivity contribution >= 4 is 11.7 Å². The molecule has 0 bridgehead atoms. The zero-order valence-electron chi connectivity index (χ0n) is 18.1. The predicted molar refractivity (Wildman–Crippen MR) is 120 cm³/mol. The van der Waals surface area contributed by atoms with Gasteiger partial charge < -0.3 is 15.1 Å². The van der Waals surface area contributed by atoms with Gasteiger partial charge in [0.05, 0.1) is 5.71 Å². The van der Waals surface area contributed by atoms with Crippen LogP contribution in [0.2, 0.25) is 0 Å². The summed E-state index contributed by atoms with van der Waals surface area (Å²) in [5.41, 5.74) is 4.42. The Morgan fingerprint density at radius 3 is 2.37 bits per heavy atom. The Hall–Kier alpha value is -2.82. The maximum atomic E-state index is 12.6. The molecule has 0 saturated carbocycles. The van der Waals surface area contributed by atoms with Crippen molar-refractivity contribution in [1.82, 2.24) is 10.2 Å². The monoisotopic (exact) mass is 405 g/mol. The van der Waals surface area contributed by atoms with Crippen molar-refractivity contribution in [2.45, 2.75) is 57.6 Å². The number of hydrogen-bond acceptors (Lipinski definition) is 3. The number of hydrogen-bond donors (Lipinski definition) is 1. The van der Waals surface area contributed by atoms with Crippen molar-refractivity contribution < 1.29 is 9.63 Å². The number of nitrogens with zero attached hydrogens (tertiary/aromatic N) is 2. The Kier molecular flexibility index (Phi) is 5.54. The van der Waals surface area contributed by atoms with Crippen molar-refractivity contribution in [2.75, 3.05) is 13.1 Å². The first-order chi connectivity index (χ1) is 14.3. The van der Waals surface area contributed by atoms with E-state index in [1.165, 1.54) is 5.56 Å². The number of oxime groups is 1. The SMILES string of the molecule is CC(C)(C)c1ccc(CNC(=O)N2CCC3(CC2)CC(c2ccccc2)=NO3)cc1. The quantitative estimate of drug-likeness (QED) is 0.793. The van der Waals surface area contributed by atoms with Crippen LogP contribution in [0.5, 0.6) is 0 Å². The van der Waals surface area contributed by atoms with E-state index in [2.05, 4.69) is 67.6 Å². The molecule has 0 atom stereocenters. The van der Waals surface area contributed by atoms with E-state index in [1.807, 2.05) is 23.1 Å². The summed E-state index contributed by atoms with van der Waals surface area (Å²) in [7, 11) is 0. The fourth-order valence-corrected chi connectivity index (χ4v) is 4.10. The zero-order chi connectivity index (χ0) is 21.2. The first kappa shape index (κ1) is 20.5. The van der Waals surface area contributed by atoms with Gasteiger partial charge in [-0.25, -0.2) is 4.79 Å². The molecule has 2 amide bonds. The Morgan fingerprint density at radius 1 is 1.07 bits per heavy atom. The molecule has 5 nitrogen and oxygen atoms in total. The molecule has 2 heterocycles. The molecule has 30 heavy (non-hydrogen) atoms. The topological polar surface area (TPSA) is 53.9 Å². The van der Waals surface area contributed by atoms with Crippen LogP contribution in [0.4, 0.5) is 4.79 Å². The highest BCUT2D eigenvalue weighted by Gasteiger charge is 2.43. The zero-order valence-corrected chi connectivity index (χ0v) is 18.1. The maximum absolute atomic E-state index is 12.6. The van der Waals surface area contributed by atoms with Gasteiger partial charge in [-0.15, -0.1) is 0 Å². The summed E-state index contributed by atoms with van der Waals surface area (Å²) >= 11 is 0. The average Bonchev–Trinajstić information content (AvgIpc) is 3.16. The fourth-order valence-electron chi connectivity index (χ4n) is 4.10. The van der Waals surface area contributed by atoms with Gasteiger partial charge in [0.2, 0.25) is 0 Å².